The molecule has 1 aromatic heterocycles. The SMILES string of the molecule is CCc1cnn(CC(=O)Nc2ccc3c(c2O)C(=O)C2=C(O)[C@]4(O)C(=O)C(C(N)=O)=C(O)[C@@H](N(C)C)C4C(O)C2C3C)c1. The summed E-state index contributed by atoms with van der Waals surface area (Å²) in [6.07, 6.45) is 2.36. The number of aryl methyl sites for hydroxylation is 1. The lowest BCUT2D eigenvalue weighted by Gasteiger charge is -2.53. The van der Waals surface area contributed by atoms with Crippen LogP contribution in [0.3, 0.4) is 0 Å². The zero-order chi connectivity index (χ0) is 31.7. The topological polar surface area (TPSA) is 229 Å². The van der Waals surface area contributed by atoms with Crippen LogP contribution in [0.2, 0.25) is 0 Å². The molecule has 14 nitrogen and oxygen atoms in total. The molecule has 3 aliphatic carbocycles. The number of hydrogen-bond acceptors (Lipinski definition) is 11. The van der Waals surface area contributed by atoms with Crippen LogP contribution in [0.4, 0.5) is 5.69 Å². The fourth-order valence-electron chi connectivity index (χ4n) is 6.74. The molecule has 5 rings (SSSR count). The highest BCUT2D eigenvalue weighted by molar-refractivity contribution is 6.25. The van der Waals surface area contributed by atoms with Gasteiger partial charge in [-0.3, -0.25) is 28.8 Å². The molecule has 2 aromatic rings. The van der Waals surface area contributed by atoms with Gasteiger partial charge in [-0.1, -0.05) is 19.9 Å². The number of carbonyl (C=O) groups is 4. The molecule has 228 valence electrons. The van der Waals surface area contributed by atoms with Crippen molar-refractivity contribution in [3.05, 3.63) is 63.9 Å². The van der Waals surface area contributed by atoms with Crippen molar-refractivity contribution in [2.24, 2.45) is 17.6 Å². The van der Waals surface area contributed by atoms with Crippen LogP contribution in [0, 0.1) is 11.8 Å². The lowest BCUT2D eigenvalue weighted by atomic mass is 9.55. The van der Waals surface area contributed by atoms with E-state index in [-0.39, 0.29) is 23.4 Å². The maximum Gasteiger partial charge on any atom is 0.255 e. The summed E-state index contributed by atoms with van der Waals surface area (Å²) in [7, 11) is 2.93. The number of fused-ring (bicyclic) bond motifs is 3. The molecule has 0 saturated carbocycles. The summed E-state index contributed by atoms with van der Waals surface area (Å²) in [4.78, 5) is 53.7. The highest BCUT2D eigenvalue weighted by atomic mass is 16.4. The first kappa shape index (κ1) is 29.9. The molecule has 1 heterocycles. The maximum absolute atomic E-state index is 14.0. The number of primary amides is 1. The number of aliphatic hydroxyl groups is 4. The van der Waals surface area contributed by atoms with Crippen molar-refractivity contribution in [2.75, 3.05) is 19.4 Å². The number of likely N-dealkylation sites (N-methyl/N-ethyl adjacent to an activating group) is 1. The standard InChI is InChI=1S/C29H33N5O9/c1-5-12-8-31-34(9-12)10-15(35)32-14-7-6-13-11(2)16-18(23(37)17(13)22(14)36)26(40)29(43)20(24(16)38)21(33(3)4)25(39)19(27(29)41)28(30)42/h6-9,11,16,20-21,24,36,38-40,43H,5,10H2,1-4H3,(H2,30,42)(H,32,35)/t11?,16?,20?,21-,24?,29-/m0/s1. The number of amides is 2. The minimum atomic E-state index is -3.01. The number of phenolic OH excluding ortho intramolecular Hbond substituents is 1. The summed E-state index contributed by atoms with van der Waals surface area (Å²) in [5, 5.41) is 63.6. The third kappa shape index (κ3) is 4.24. The van der Waals surface area contributed by atoms with Gasteiger partial charge >= 0.3 is 0 Å². The van der Waals surface area contributed by atoms with Crippen LogP contribution in [-0.2, 0) is 27.3 Å². The third-order valence-corrected chi connectivity index (χ3v) is 8.81. The zero-order valence-electron chi connectivity index (χ0n) is 23.9. The first-order valence-corrected chi connectivity index (χ1v) is 13.7. The molecule has 0 radical (unpaired) electrons. The van der Waals surface area contributed by atoms with E-state index in [1.807, 2.05) is 6.92 Å². The fourth-order valence-corrected chi connectivity index (χ4v) is 6.74. The van der Waals surface area contributed by atoms with Crippen molar-refractivity contribution in [3.8, 4) is 5.75 Å². The van der Waals surface area contributed by atoms with Gasteiger partial charge in [-0.15, -0.1) is 0 Å². The lowest BCUT2D eigenvalue weighted by molar-refractivity contribution is -0.162. The first-order valence-electron chi connectivity index (χ1n) is 13.7. The summed E-state index contributed by atoms with van der Waals surface area (Å²) >= 11 is 0. The van der Waals surface area contributed by atoms with Crippen molar-refractivity contribution >= 4 is 29.1 Å². The Labute approximate surface area is 245 Å². The van der Waals surface area contributed by atoms with E-state index in [1.54, 1.807) is 19.3 Å². The number of nitrogens with zero attached hydrogens (tertiary/aromatic N) is 3. The molecule has 0 bridgehead atoms. The van der Waals surface area contributed by atoms with Gasteiger partial charge in [0.05, 0.1) is 35.5 Å². The second-order valence-electron chi connectivity index (χ2n) is 11.4. The largest absolute Gasteiger partial charge is 0.510 e. The van der Waals surface area contributed by atoms with Crippen LogP contribution >= 0.6 is 0 Å². The van der Waals surface area contributed by atoms with Gasteiger partial charge in [-0.2, -0.15) is 5.10 Å². The van der Waals surface area contributed by atoms with E-state index in [2.05, 4.69) is 10.4 Å². The van der Waals surface area contributed by atoms with E-state index < -0.39 is 87.3 Å². The normalized spacial score (nSPS) is 28.5. The number of carbonyl (C=O) groups excluding carboxylic acids is 4. The average molecular weight is 596 g/mol. The maximum atomic E-state index is 14.0. The quantitative estimate of drug-likeness (QED) is 0.174. The van der Waals surface area contributed by atoms with Crippen molar-refractivity contribution < 1.29 is 44.7 Å². The molecule has 3 aliphatic rings. The van der Waals surface area contributed by atoms with Crippen LogP contribution < -0.4 is 11.1 Å². The Bertz CT molecular complexity index is 1640. The summed E-state index contributed by atoms with van der Waals surface area (Å²) < 4.78 is 1.42. The molecular formula is C29H33N5O9. The number of nitrogens with two attached hydrogens (primary N) is 1. The van der Waals surface area contributed by atoms with Crippen molar-refractivity contribution in [3.63, 3.8) is 0 Å². The van der Waals surface area contributed by atoms with E-state index in [1.165, 1.54) is 35.8 Å². The number of benzene rings is 1. The van der Waals surface area contributed by atoms with Gasteiger partial charge in [0.15, 0.2) is 17.1 Å². The number of Topliss-reactive ketones (excluding diaryl/α,β-unsaturated/α-hetero) is 2. The Morgan fingerprint density at radius 1 is 1.19 bits per heavy atom. The Kier molecular flexibility index (Phi) is 7.19. The summed E-state index contributed by atoms with van der Waals surface area (Å²) in [5.41, 5.74) is 1.63. The lowest BCUT2D eigenvalue weighted by Crippen LogP contribution is -2.68. The number of nitrogens with one attached hydrogen (secondary N) is 1. The highest BCUT2D eigenvalue weighted by Gasteiger charge is 2.67. The Morgan fingerprint density at radius 3 is 2.44 bits per heavy atom. The van der Waals surface area contributed by atoms with E-state index in [4.69, 9.17) is 5.73 Å². The smallest absolute Gasteiger partial charge is 0.255 e. The van der Waals surface area contributed by atoms with E-state index in [0.717, 1.165) is 12.0 Å². The highest BCUT2D eigenvalue weighted by Crippen LogP contribution is 2.56. The van der Waals surface area contributed by atoms with Gasteiger partial charge in [-0.05, 0) is 43.6 Å². The molecule has 1 aromatic carbocycles. The number of anilines is 1. The second kappa shape index (κ2) is 10.3. The fraction of sp³-hybridized carbons (Fsp3) is 0.414. The van der Waals surface area contributed by atoms with Gasteiger partial charge in [0.2, 0.25) is 11.7 Å². The first-order chi connectivity index (χ1) is 20.2. The van der Waals surface area contributed by atoms with Crippen LogP contribution in [0.15, 0.2) is 47.2 Å². The summed E-state index contributed by atoms with van der Waals surface area (Å²) in [6.45, 7) is 3.39. The van der Waals surface area contributed by atoms with E-state index >= 15 is 0 Å². The molecule has 0 spiro atoms. The van der Waals surface area contributed by atoms with Gasteiger partial charge < -0.3 is 36.6 Å². The summed E-state index contributed by atoms with van der Waals surface area (Å²) in [5.74, 6) is -10.4. The second-order valence-corrected chi connectivity index (χ2v) is 11.4. The Morgan fingerprint density at radius 2 is 1.86 bits per heavy atom. The molecule has 2 amide bonds. The number of phenols is 1. The van der Waals surface area contributed by atoms with Gasteiger partial charge in [-0.25, -0.2) is 0 Å². The van der Waals surface area contributed by atoms with E-state index in [0.29, 0.717) is 0 Å². The van der Waals surface area contributed by atoms with Crippen molar-refractivity contribution in [2.45, 2.75) is 50.5 Å². The van der Waals surface area contributed by atoms with Crippen LogP contribution in [0.5, 0.6) is 5.75 Å². The Balaban J connectivity index is 1.60. The average Bonchev–Trinajstić information content (AvgIpc) is 3.39. The number of hydrogen-bond donors (Lipinski definition) is 7. The predicted molar refractivity (Wildman–Crippen MR) is 150 cm³/mol. The molecule has 6 atom stereocenters. The van der Waals surface area contributed by atoms with Crippen LogP contribution in [0.1, 0.15) is 41.3 Å². The monoisotopic (exact) mass is 595 g/mol. The van der Waals surface area contributed by atoms with Crippen molar-refractivity contribution in [1.29, 1.82) is 0 Å². The molecule has 14 heteroatoms. The minimum absolute atomic E-state index is 0.107. The molecule has 8 N–H and O–H groups in total. The van der Waals surface area contributed by atoms with E-state index in [9.17, 15) is 44.7 Å². The third-order valence-electron chi connectivity index (χ3n) is 8.81. The molecule has 0 aliphatic heterocycles. The Hall–Kier alpha value is -4.53. The zero-order valence-corrected chi connectivity index (χ0v) is 23.9. The molecule has 43 heavy (non-hydrogen) atoms. The van der Waals surface area contributed by atoms with Gasteiger partial charge in [0.1, 0.15) is 23.6 Å². The molecular weight excluding hydrogens is 562 g/mol. The predicted octanol–water partition coefficient (Wildman–Crippen LogP) is 0.0500. The summed E-state index contributed by atoms with van der Waals surface area (Å²) in [6, 6.07) is 1.55. The van der Waals surface area contributed by atoms with Crippen molar-refractivity contribution in [1.82, 2.24) is 14.7 Å². The molecule has 4 unspecified atom stereocenters. The number of ketones is 2. The van der Waals surface area contributed by atoms with Gasteiger partial charge in [0.25, 0.3) is 5.91 Å². The number of aromatic nitrogens is 2. The van der Waals surface area contributed by atoms with Crippen LogP contribution in [0.25, 0.3) is 0 Å². The van der Waals surface area contributed by atoms with Crippen LogP contribution in [-0.4, -0.2) is 95.4 Å². The van der Waals surface area contributed by atoms with Gasteiger partial charge in [0, 0.05) is 17.7 Å². The number of aliphatic hydroxyl groups excluding tert-OH is 3. The number of aromatic hydroxyl groups is 1. The number of rotatable bonds is 6. The molecule has 0 fully saturated rings. The minimum Gasteiger partial charge on any atom is -0.510 e. The molecule has 0 saturated heterocycles.